The Morgan fingerprint density at radius 1 is 0.275 bits per heavy atom. The smallest absolute Gasteiger partial charge is 0.136 e. The van der Waals surface area contributed by atoms with Gasteiger partial charge < -0.3 is 4.42 Å². The van der Waals surface area contributed by atoms with Gasteiger partial charge in [-0.05, 0) is 130 Å². The molecule has 236 valence electrons. The molecule has 0 saturated carbocycles. The van der Waals surface area contributed by atoms with Crippen LogP contribution in [0, 0.1) is 0 Å². The summed E-state index contributed by atoms with van der Waals surface area (Å²) in [5.74, 6) is 0. The fourth-order valence-electron chi connectivity index (χ4n) is 8.51. The van der Waals surface area contributed by atoms with Gasteiger partial charge in [0.05, 0.1) is 0 Å². The minimum Gasteiger partial charge on any atom is -0.456 e. The van der Waals surface area contributed by atoms with Gasteiger partial charge in [-0.1, -0.05) is 140 Å². The van der Waals surface area contributed by atoms with Crippen LogP contribution in [0.25, 0.3) is 110 Å². The summed E-state index contributed by atoms with van der Waals surface area (Å²) in [7, 11) is 0. The highest BCUT2D eigenvalue weighted by Crippen LogP contribution is 2.49. The van der Waals surface area contributed by atoms with Crippen molar-refractivity contribution in [3.63, 3.8) is 0 Å². The Morgan fingerprint density at radius 2 is 0.824 bits per heavy atom. The van der Waals surface area contributed by atoms with Gasteiger partial charge in [-0.15, -0.1) is 0 Å². The zero-order valence-corrected chi connectivity index (χ0v) is 27.7. The van der Waals surface area contributed by atoms with Gasteiger partial charge in [-0.25, -0.2) is 0 Å². The molecule has 0 bridgehead atoms. The summed E-state index contributed by atoms with van der Waals surface area (Å²) in [6.45, 7) is 0. The van der Waals surface area contributed by atoms with Crippen molar-refractivity contribution in [3.05, 3.63) is 182 Å². The van der Waals surface area contributed by atoms with Gasteiger partial charge in [-0.2, -0.15) is 0 Å². The summed E-state index contributed by atoms with van der Waals surface area (Å²) in [4.78, 5) is 0. The number of fused-ring (bicyclic) bond motifs is 3. The fraction of sp³-hybridized carbons (Fsp3) is 0. The third-order valence-electron chi connectivity index (χ3n) is 10.8. The van der Waals surface area contributed by atoms with E-state index in [9.17, 15) is 0 Å². The predicted molar refractivity (Wildman–Crippen MR) is 217 cm³/mol. The fourth-order valence-corrected chi connectivity index (χ4v) is 8.51. The lowest BCUT2D eigenvalue weighted by atomic mass is 9.83. The summed E-state index contributed by atoms with van der Waals surface area (Å²) in [6, 6.07) is 66.5. The first-order valence-corrected chi connectivity index (χ1v) is 17.6. The Balaban J connectivity index is 1.24. The van der Waals surface area contributed by atoms with Gasteiger partial charge in [0.15, 0.2) is 0 Å². The maximum atomic E-state index is 6.38. The number of benzene rings is 10. The van der Waals surface area contributed by atoms with Gasteiger partial charge in [0.1, 0.15) is 11.2 Å². The van der Waals surface area contributed by atoms with E-state index in [0.717, 1.165) is 11.2 Å². The Hall–Kier alpha value is -6.70. The summed E-state index contributed by atoms with van der Waals surface area (Å²) in [5, 5.41) is 12.3. The van der Waals surface area contributed by atoms with E-state index in [1.165, 1.54) is 98.4 Å². The molecule has 0 saturated heterocycles. The van der Waals surface area contributed by atoms with Crippen LogP contribution in [0.15, 0.2) is 186 Å². The van der Waals surface area contributed by atoms with Crippen molar-refractivity contribution in [3.8, 4) is 44.5 Å². The molecule has 1 heterocycles. The Kier molecular flexibility index (Phi) is 6.02. The normalized spacial score (nSPS) is 11.9. The lowest BCUT2D eigenvalue weighted by molar-refractivity contribution is 0.669. The highest BCUT2D eigenvalue weighted by Gasteiger charge is 2.22. The summed E-state index contributed by atoms with van der Waals surface area (Å²) in [6.07, 6.45) is 0. The molecule has 11 aromatic rings. The molecule has 0 aliphatic rings. The molecule has 0 amide bonds. The standard InChI is InChI=1S/C50H30O/c1-2-12-31(13-3-1)36-27-37(34-25-24-32-14-4-5-15-33(32)26-34)29-38(28-36)47-39-17-6-8-19-41(39)49(42-20-9-7-18-40(42)47)44-30-35-16-10-22-45-48(35)50-43(44)21-11-23-46(50)51-45/h1-30H. The maximum absolute atomic E-state index is 6.38. The van der Waals surface area contributed by atoms with Gasteiger partial charge in [0, 0.05) is 10.8 Å². The van der Waals surface area contributed by atoms with Crippen LogP contribution < -0.4 is 0 Å². The molecule has 0 spiro atoms. The molecule has 0 radical (unpaired) electrons. The highest BCUT2D eigenvalue weighted by atomic mass is 16.3. The van der Waals surface area contributed by atoms with E-state index < -0.39 is 0 Å². The van der Waals surface area contributed by atoms with E-state index in [4.69, 9.17) is 4.42 Å². The first kappa shape index (κ1) is 28.2. The molecule has 11 rings (SSSR count). The van der Waals surface area contributed by atoms with E-state index in [1.54, 1.807) is 0 Å². The summed E-state index contributed by atoms with van der Waals surface area (Å²) >= 11 is 0. The molecule has 0 atom stereocenters. The van der Waals surface area contributed by atoms with Gasteiger partial charge >= 0.3 is 0 Å². The van der Waals surface area contributed by atoms with Crippen LogP contribution >= 0.6 is 0 Å². The molecule has 10 aromatic carbocycles. The van der Waals surface area contributed by atoms with Gasteiger partial charge in [-0.3, -0.25) is 0 Å². The molecule has 0 fully saturated rings. The Labute approximate surface area is 295 Å². The molecule has 51 heavy (non-hydrogen) atoms. The van der Waals surface area contributed by atoms with Crippen molar-refractivity contribution in [2.75, 3.05) is 0 Å². The maximum Gasteiger partial charge on any atom is 0.136 e. The number of hydrogen-bond donors (Lipinski definition) is 0. The van der Waals surface area contributed by atoms with Crippen LogP contribution in [0.3, 0.4) is 0 Å². The second-order valence-corrected chi connectivity index (χ2v) is 13.6. The van der Waals surface area contributed by atoms with E-state index in [2.05, 4.69) is 182 Å². The molecule has 0 unspecified atom stereocenters. The van der Waals surface area contributed by atoms with Gasteiger partial charge in [0.25, 0.3) is 0 Å². The van der Waals surface area contributed by atoms with E-state index in [-0.39, 0.29) is 0 Å². The Morgan fingerprint density at radius 3 is 1.57 bits per heavy atom. The van der Waals surface area contributed by atoms with Gasteiger partial charge in [0.2, 0.25) is 0 Å². The minimum absolute atomic E-state index is 0.935. The quantitative estimate of drug-likeness (QED) is 0.137. The average Bonchev–Trinajstić information content (AvgIpc) is 3.59. The number of rotatable bonds is 4. The third kappa shape index (κ3) is 4.28. The molecule has 0 N–H and O–H groups in total. The first-order valence-electron chi connectivity index (χ1n) is 17.6. The second kappa shape index (κ2) is 10.9. The van der Waals surface area contributed by atoms with Crippen LogP contribution in [0.1, 0.15) is 0 Å². The van der Waals surface area contributed by atoms with Crippen LogP contribution in [-0.4, -0.2) is 0 Å². The molecule has 0 aliphatic heterocycles. The minimum atomic E-state index is 0.935. The molecule has 0 aliphatic carbocycles. The lowest BCUT2D eigenvalue weighted by Crippen LogP contribution is -1.93. The van der Waals surface area contributed by atoms with Crippen molar-refractivity contribution >= 4 is 65.0 Å². The second-order valence-electron chi connectivity index (χ2n) is 13.6. The van der Waals surface area contributed by atoms with E-state index in [1.807, 2.05) is 0 Å². The SMILES string of the molecule is c1ccc(-c2cc(-c3ccc4ccccc4c3)cc(-c3c4ccccc4c(-c4cc5cccc6oc7cccc4c7c56)c4ccccc34)c2)cc1. The molecular formula is C50H30O. The van der Waals surface area contributed by atoms with Crippen LogP contribution in [0.5, 0.6) is 0 Å². The number of furan rings is 1. The van der Waals surface area contributed by atoms with Crippen LogP contribution in [0.2, 0.25) is 0 Å². The lowest BCUT2D eigenvalue weighted by Gasteiger charge is -2.20. The number of hydrogen-bond acceptors (Lipinski definition) is 1. The monoisotopic (exact) mass is 646 g/mol. The predicted octanol–water partition coefficient (Wildman–Crippen LogP) is 14.3. The van der Waals surface area contributed by atoms with Crippen molar-refractivity contribution in [1.82, 2.24) is 0 Å². The molecule has 1 heteroatoms. The third-order valence-corrected chi connectivity index (χ3v) is 10.8. The topological polar surface area (TPSA) is 13.1 Å². The van der Waals surface area contributed by atoms with Crippen molar-refractivity contribution in [2.45, 2.75) is 0 Å². The zero-order chi connectivity index (χ0) is 33.5. The van der Waals surface area contributed by atoms with Crippen molar-refractivity contribution < 1.29 is 4.42 Å². The molecule has 1 nitrogen and oxygen atoms in total. The zero-order valence-electron chi connectivity index (χ0n) is 27.7. The van der Waals surface area contributed by atoms with E-state index >= 15 is 0 Å². The summed E-state index contributed by atoms with van der Waals surface area (Å²) in [5.41, 5.74) is 11.7. The average molecular weight is 647 g/mol. The highest BCUT2D eigenvalue weighted by molar-refractivity contribution is 6.29. The van der Waals surface area contributed by atoms with Crippen molar-refractivity contribution in [2.24, 2.45) is 0 Å². The molecular weight excluding hydrogens is 617 g/mol. The van der Waals surface area contributed by atoms with Crippen molar-refractivity contribution in [1.29, 1.82) is 0 Å². The van der Waals surface area contributed by atoms with Crippen LogP contribution in [-0.2, 0) is 0 Å². The van der Waals surface area contributed by atoms with E-state index in [0.29, 0.717) is 0 Å². The van der Waals surface area contributed by atoms with Crippen LogP contribution in [0.4, 0.5) is 0 Å². The molecule has 1 aromatic heterocycles. The summed E-state index contributed by atoms with van der Waals surface area (Å²) < 4.78 is 6.38. The largest absolute Gasteiger partial charge is 0.456 e. The Bertz CT molecular complexity index is 3070. The first-order chi connectivity index (χ1) is 25.3.